The van der Waals surface area contributed by atoms with Gasteiger partial charge in [-0.1, -0.05) is 29.8 Å². The van der Waals surface area contributed by atoms with Gasteiger partial charge in [0.1, 0.15) is 0 Å². The van der Waals surface area contributed by atoms with Gasteiger partial charge in [-0.05, 0) is 43.7 Å². The molecule has 0 aliphatic rings. The van der Waals surface area contributed by atoms with E-state index in [1.54, 1.807) is 0 Å². The maximum Gasteiger partial charge on any atom is 0.159 e. The smallest absolute Gasteiger partial charge is 0.159 e. The van der Waals surface area contributed by atoms with Crippen molar-refractivity contribution in [3.63, 3.8) is 0 Å². The zero-order valence-electron chi connectivity index (χ0n) is 12.4. The highest BCUT2D eigenvalue weighted by Crippen LogP contribution is 2.23. The Kier molecular flexibility index (Phi) is 4.89. The van der Waals surface area contributed by atoms with Crippen molar-refractivity contribution in [2.24, 2.45) is 0 Å². The summed E-state index contributed by atoms with van der Waals surface area (Å²) >= 11 is 3.49. The zero-order valence-corrected chi connectivity index (χ0v) is 14.0. The zero-order chi connectivity index (χ0) is 14.7. The van der Waals surface area contributed by atoms with Gasteiger partial charge in [-0.15, -0.1) is 0 Å². The van der Waals surface area contributed by atoms with Crippen molar-refractivity contribution in [1.82, 2.24) is 15.3 Å². The first-order valence-corrected chi connectivity index (χ1v) is 7.59. The van der Waals surface area contributed by atoms with Crippen LogP contribution < -0.4 is 5.32 Å². The second-order valence-electron chi connectivity index (χ2n) is 5.32. The number of benzene rings is 1. The van der Waals surface area contributed by atoms with Crippen LogP contribution in [0.25, 0.3) is 11.4 Å². The molecule has 0 spiro atoms. The quantitative estimate of drug-likeness (QED) is 0.918. The Labute approximate surface area is 129 Å². The molecular weight excluding hydrogens is 314 g/mol. The lowest BCUT2D eigenvalue weighted by Crippen LogP contribution is -2.22. The van der Waals surface area contributed by atoms with Gasteiger partial charge in [0.25, 0.3) is 0 Å². The van der Waals surface area contributed by atoms with Gasteiger partial charge in [0.2, 0.25) is 0 Å². The number of aromatic nitrogens is 2. The Balaban J connectivity index is 2.36. The van der Waals surface area contributed by atoms with E-state index >= 15 is 0 Å². The lowest BCUT2D eigenvalue weighted by molar-refractivity contribution is 0.580. The molecule has 1 aromatic carbocycles. The molecule has 0 atom stereocenters. The van der Waals surface area contributed by atoms with Crippen LogP contribution in [0.5, 0.6) is 0 Å². The van der Waals surface area contributed by atoms with E-state index in [1.807, 2.05) is 19.1 Å². The first-order valence-electron chi connectivity index (χ1n) is 6.80. The van der Waals surface area contributed by atoms with Gasteiger partial charge in [0, 0.05) is 28.3 Å². The predicted molar refractivity (Wildman–Crippen MR) is 86.6 cm³/mol. The maximum atomic E-state index is 4.68. The lowest BCUT2D eigenvalue weighted by atomic mass is 10.1. The Morgan fingerprint density at radius 2 is 1.90 bits per heavy atom. The molecular formula is C16H20BrN3. The third kappa shape index (κ3) is 3.87. The summed E-state index contributed by atoms with van der Waals surface area (Å²) in [5, 5.41) is 3.39. The minimum absolute atomic E-state index is 0.447. The topological polar surface area (TPSA) is 37.8 Å². The number of hydrogen-bond donors (Lipinski definition) is 1. The van der Waals surface area contributed by atoms with Crippen LogP contribution in [0.4, 0.5) is 0 Å². The van der Waals surface area contributed by atoms with Crippen LogP contribution in [0.2, 0.25) is 0 Å². The molecule has 0 unspecified atom stereocenters. The number of hydrogen-bond acceptors (Lipinski definition) is 3. The summed E-state index contributed by atoms with van der Waals surface area (Å²) in [6, 6.07) is 8.66. The molecule has 0 radical (unpaired) electrons. The minimum atomic E-state index is 0.447. The Bertz CT molecular complexity index is 609. The van der Waals surface area contributed by atoms with Crippen molar-refractivity contribution in [3.05, 3.63) is 45.7 Å². The summed E-state index contributed by atoms with van der Waals surface area (Å²) in [5.74, 6) is 0.801. The highest BCUT2D eigenvalue weighted by molar-refractivity contribution is 9.10. The van der Waals surface area contributed by atoms with E-state index < -0.39 is 0 Å². The van der Waals surface area contributed by atoms with Gasteiger partial charge < -0.3 is 5.32 Å². The summed E-state index contributed by atoms with van der Waals surface area (Å²) in [5.41, 5.74) is 4.29. The van der Waals surface area contributed by atoms with Crippen molar-refractivity contribution in [1.29, 1.82) is 0 Å². The number of aryl methyl sites for hydroxylation is 2. The summed E-state index contributed by atoms with van der Waals surface area (Å²) < 4.78 is 1.08. The van der Waals surface area contributed by atoms with E-state index in [2.05, 4.69) is 64.1 Å². The van der Waals surface area contributed by atoms with E-state index in [1.165, 1.54) is 5.56 Å². The van der Waals surface area contributed by atoms with Crippen molar-refractivity contribution in [2.45, 2.75) is 40.3 Å². The lowest BCUT2D eigenvalue weighted by Gasteiger charge is -2.11. The summed E-state index contributed by atoms with van der Waals surface area (Å²) in [6.45, 7) is 9.13. The van der Waals surface area contributed by atoms with Crippen molar-refractivity contribution in [2.75, 3.05) is 0 Å². The Morgan fingerprint density at radius 1 is 1.15 bits per heavy atom. The molecule has 0 fully saturated rings. The molecule has 1 aromatic heterocycles. The monoisotopic (exact) mass is 333 g/mol. The van der Waals surface area contributed by atoms with E-state index in [0.717, 1.165) is 33.8 Å². The number of halogens is 1. The second kappa shape index (κ2) is 6.46. The van der Waals surface area contributed by atoms with Crippen molar-refractivity contribution in [3.8, 4) is 11.4 Å². The predicted octanol–water partition coefficient (Wildman–Crippen LogP) is 4.02. The van der Waals surface area contributed by atoms with E-state index in [9.17, 15) is 0 Å². The Morgan fingerprint density at radius 3 is 2.55 bits per heavy atom. The van der Waals surface area contributed by atoms with E-state index in [-0.39, 0.29) is 0 Å². The fraction of sp³-hybridized carbons (Fsp3) is 0.375. The molecule has 0 saturated heterocycles. The number of nitrogens with one attached hydrogen (secondary N) is 1. The van der Waals surface area contributed by atoms with Crippen LogP contribution in [0.15, 0.2) is 28.7 Å². The summed E-state index contributed by atoms with van der Waals surface area (Å²) in [4.78, 5) is 9.24. The fourth-order valence-electron chi connectivity index (χ4n) is 2.03. The number of rotatable bonds is 4. The molecule has 1 heterocycles. The molecule has 0 aliphatic heterocycles. The standard InChI is InChI=1S/C16H20BrN3/c1-10(2)18-9-14-8-12(4)19-16(20-14)15-6-5-13(17)7-11(15)3/h5-8,10,18H,9H2,1-4H3. The highest BCUT2D eigenvalue weighted by atomic mass is 79.9. The van der Waals surface area contributed by atoms with Gasteiger partial charge in [0.15, 0.2) is 5.82 Å². The molecule has 20 heavy (non-hydrogen) atoms. The van der Waals surface area contributed by atoms with Gasteiger partial charge in [0.05, 0.1) is 5.69 Å². The molecule has 0 amide bonds. The number of nitrogens with zero attached hydrogens (tertiary/aromatic N) is 2. The molecule has 1 N–H and O–H groups in total. The first kappa shape index (κ1) is 15.1. The molecule has 2 aromatic rings. The maximum absolute atomic E-state index is 4.68. The second-order valence-corrected chi connectivity index (χ2v) is 6.23. The van der Waals surface area contributed by atoms with Gasteiger partial charge in [-0.3, -0.25) is 0 Å². The molecule has 106 valence electrons. The van der Waals surface area contributed by atoms with Crippen LogP contribution in [-0.4, -0.2) is 16.0 Å². The summed E-state index contributed by atoms with van der Waals surface area (Å²) in [7, 11) is 0. The third-order valence-electron chi connectivity index (χ3n) is 3.03. The Hall–Kier alpha value is -1.26. The normalized spacial score (nSPS) is 11.1. The molecule has 0 bridgehead atoms. The highest BCUT2D eigenvalue weighted by Gasteiger charge is 2.08. The SMILES string of the molecule is Cc1cc(CNC(C)C)nc(-c2ccc(Br)cc2C)n1. The van der Waals surface area contributed by atoms with E-state index in [4.69, 9.17) is 0 Å². The fourth-order valence-corrected chi connectivity index (χ4v) is 2.51. The average molecular weight is 334 g/mol. The van der Waals surface area contributed by atoms with Gasteiger partial charge >= 0.3 is 0 Å². The van der Waals surface area contributed by atoms with Crippen LogP contribution in [-0.2, 0) is 6.54 Å². The van der Waals surface area contributed by atoms with E-state index in [0.29, 0.717) is 6.04 Å². The van der Waals surface area contributed by atoms with Crippen LogP contribution in [0.1, 0.15) is 30.8 Å². The minimum Gasteiger partial charge on any atom is -0.309 e. The molecule has 2 rings (SSSR count). The first-order chi connectivity index (χ1) is 9.45. The molecule has 4 heteroatoms. The van der Waals surface area contributed by atoms with Crippen LogP contribution in [0, 0.1) is 13.8 Å². The largest absolute Gasteiger partial charge is 0.309 e. The van der Waals surface area contributed by atoms with Gasteiger partial charge in [-0.25, -0.2) is 9.97 Å². The average Bonchev–Trinajstić information content (AvgIpc) is 2.35. The van der Waals surface area contributed by atoms with Crippen LogP contribution in [0.3, 0.4) is 0 Å². The third-order valence-corrected chi connectivity index (χ3v) is 3.52. The summed E-state index contributed by atoms with van der Waals surface area (Å²) in [6.07, 6.45) is 0. The van der Waals surface area contributed by atoms with Gasteiger partial charge in [-0.2, -0.15) is 0 Å². The molecule has 0 saturated carbocycles. The van der Waals surface area contributed by atoms with Crippen LogP contribution >= 0.6 is 15.9 Å². The molecule has 3 nitrogen and oxygen atoms in total. The molecule has 0 aliphatic carbocycles. The van der Waals surface area contributed by atoms with Crippen molar-refractivity contribution < 1.29 is 0 Å². The van der Waals surface area contributed by atoms with Crippen molar-refractivity contribution >= 4 is 15.9 Å².